The Morgan fingerprint density at radius 3 is 3.00 bits per heavy atom. The van der Waals surface area contributed by atoms with Crippen molar-refractivity contribution in [1.29, 1.82) is 0 Å². The van der Waals surface area contributed by atoms with Crippen molar-refractivity contribution in [3.05, 3.63) is 29.3 Å². The molecule has 88 valence electrons. The summed E-state index contributed by atoms with van der Waals surface area (Å²) in [6.07, 6.45) is 2.21. The van der Waals surface area contributed by atoms with Gasteiger partial charge in [0, 0.05) is 13.1 Å². The van der Waals surface area contributed by atoms with E-state index in [-0.39, 0.29) is 0 Å². The van der Waals surface area contributed by atoms with Crippen molar-refractivity contribution in [2.45, 2.75) is 19.4 Å². The van der Waals surface area contributed by atoms with Crippen LogP contribution in [0.2, 0.25) is 0 Å². The van der Waals surface area contributed by atoms with Crippen molar-refractivity contribution in [2.24, 2.45) is 5.73 Å². The minimum Gasteiger partial charge on any atom is -0.497 e. The summed E-state index contributed by atoms with van der Waals surface area (Å²) in [5.74, 6) is 0.967. The Morgan fingerprint density at radius 2 is 2.25 bits per heavy atom. The predicted molar refractivity (Wildman–Crippen MR) is 65.6 cm³/mol. The molecule has 0 bridgehead atoms. The number of hydrogen-bond donors (Lipinski definition) is 1. The van der Waals surface area contributed by atoms with Crippen LogP contribution in [0.4, 0.5) is 0 Å². The molecule has 16 heavy (non-hydrogen) atoms. The molecule has 3 nitrogen and oxygen atoms in total. The monoisotopic (exact) mass is 220 g/mol. The zero-order valence-corrected chi connectivity index (χ0v) is 9.91. The average molecular weight is 220 g/mol. The molecule has 0 saturated carbocycles. The molecule has 1 aromatic carbocycles. The summed E-state index contributed by atoms with van der Waals surface area (Å²) in [5, 5.41) is 0. The SMILES string of the molecule is COc1ccc2c(c1)CCN(CCCN)C2. The first-order valence-corrected chi connectivity index (χ1v) is 5.91. The first-order chi connectivity index (χ1) is 7.83. The lowest BCUT2D eigenvalue weighted by atomic mass is 9.99. The molecule has 0 spiro atoms. The number of rotatable bonds is 4. The molecule has 1 aliphatic rings. The van der Waals surface area contributed by atoms with Crippen LogP contribution in [0, 0.1) is 0 Å². The van der Waals surface area contributed by atoms with E-state index in [4.69, 9.17) is 10.5 Å². The quantitative estimate of drug-likeness (QED) is 0.833. The molecule has 0 radical (unpaired) electrons. The highest BCUT2D eigenvalue weighted by Crippen LogP contribution is 2.23. The maximum atomic E-state index is 5.54. The summed E-state index contributed by atoms with van der Waals surface area (Å²) in [4.78, 5) is 2.47. The van der Waals surface area contributed by atoms with Gasteiger partial charge in [0.05, 0.1) is 7.11 Å². The Kier molecular flexibility index (Phi) is 3.80. The maximum Gasteiger partial charge on any atom is 0.119 e. The minimum absolute atomic E-state index is 0.784. The van der Waals surface area contributed by atoms with Gasteiger partial charge in [-0.15, -0.1) is 0 Å². The summed E-state index contributed by atoms with van der Waals surface area (Å²) in [6, 6.07) is 6.39. The van der Waals surface area contributed by atoms with Gasteiger partial charge in [-0.3, -0.25) is 4.90 Å². The Balaban J connectivity index is 2.04. The first-order valence-electron chi connectivity index (χ1n) is 5.91. The van der Waals surface area contributed by atoms with Crippen molar-refractivity contribution in [1.82, 2.24) is 4.90 Å². The lowest BCUT2D eigenvalue weighted by molar-refractivity contribution is 0.252. The van der Waals surface area contributed by atoms with E-state index in [0.29, 0.717) is 0 Å². The molecule has 0 fully saturated rings. The third-order valence-electron chi connectivity index (χ3n) is 3.18. The van der Waals surface area contributed by atoms with E-state index in [1.54, 1.807) is 7.11 Å². The van der Waals surface area contributed by atoms with Crippen LogP contribution in [0.5, 0.6) is 5.75 Å². The van der Waals surface area contributed by atoms with E-state index < -0.39 is 0 Å². The number of benzene rings is 1. The molecule has 2 rings (SSSR count). The molecule has 0 saturated heterocycles. The van der Waals surface area contributed by atoms with Crippen molar-refractivity contribution >= 4 is 0 Å². The van der Waals surface area contributed by atoms with Gasteiger partial charge < -0.3 is 10.5 Å². The summed E-state index contributed by atoms with van der Waals surface area (Å²) in [6.45, 7) is 4.09. The minimum atomic E-state index is 0.784. The van der Waals surface area contributed by atoms with Gasteiger partial charge in [0.1, 0.15) is 5.75 Å². The topological polar surface area (TPSA) is 38.5 Å². The third-order valence-corrected chi connectivity index (χ3v) is 3.18. The smallest absolute Gasteiger partial charge is 0.119 e. The van der Waals surface area contributed by atoms with E-state index in [0.717, 1.165) is 44.8 Å². The van der Waals surface area contributed by atoms with Gasteiger partial charge in [-0.2, -0.15) is 0 Å². The van der Waals surface area contributed by atoms with Crippen molar-refractivity contribution in [2.75, 3.05) is 26.7 Å². The standard InChI is InChI=1S/C13H20N2O/c1-16-13-4-3-12-10-15(7-2-6-14)8-5-11(12)9-13/h3-4,9H,2,5-8,10,14H2,1H3. The van der Waals surface area contributed by atoms with Gasteiger partial charge in [-0.1, -0.05) is 6.07 Å². The molecule has 0 aromatic heterocycles. The zero-order chi connectivity index (χ0) is 11.4. The van der Waals surface area contributed by atoms with E-state index in [1.165, 1.54) is 11.1 Å². The number of fused-ring (bicyclic) bond motifs is 1. The molecule has 2 N–H and O–H groups in total. The highest BCUT2D eigenvalue weighted by Gasteiger charge is 2.15. The fourth-order valence-electron chi connectivity index (χ4n) is 2.22. The second-order valence-corrected chi connectivity index (χ2v) is 4.30. The van der Waals surface area contributed by atoms with Gasteiger partial charge in [-0.05, 0) is 49.2 Å². The van der Waals surface area contributed by atoms with Gasteiger partial charge in [-0.25, -0.2) is 0 Å². The van der Waals surface area contributed by atoms with Gasteiger partial charge >= 0.3 is 0 Å². The van der Waals surface area contributed by atoms with Crippen LogP contribution in [-0.4, -0.2) is 31.6 Å². The van der Waals surface area contributed by atoms with E-state index in [2.05, 4.69) is 17.0 Å². The normalized spacial score (nSPS) is 15.9. The fraction of sp³-hybridized carbons (Fsp3) is 0.538. The van der Waals surface area contributed by atoms with Crippen LogP contribution in [0.15, 0.2) is 18.2 Å². The Bertz CT molecular complexity index is 352. The zero-order valence-electron chi connectivity index (χ0n) is 9.91. The first kappa shape index (κ1) is 11.4. The van der Waals surface area contributed by atoms with Crippen LogP contribution >= 0.6 is 0 Å². The highest BCUT2D eigenvalue weighted by atomic mass is 16.5. The van der Waals surface area contributed by atoms with E-state index in [9.17, 15) is 0 Å². The molecule has 0 unspecified atom stereocenters. The van der Waals surface area contributed by atoms with E-state index >= 15 is 0 Å². The van der Waals surface area contributed by atoms with Gasteiger partial charge in [0.2, 0.25) is 0 Å². The lowest BCUT2D eigenvalue weighted by Gasteiger charge is -2.28. The highest BCUT2D eigenvalue weighted by molar-refractivity contribution is 5.37. The van der Waals surface area contributed by atoms with Crippen LogP contribution in [0.1, 0.15) is 17.5 Å². The molecule has 1 aromatic rings. The number of nitrogens with two attached hydrogens (primary N) is 1. The molecular weight excluding hydrogens is 200 g/mol. The molecular formula is C13H20N2O. The average Bonchev–Trinajstić information content (AvgIpc) is 2.35. The number of hydrogen-bond acceptors (Lipinski definition) is 3. The van der Waals surface area contributed by atoms with Crippen molar-refractivity contribution in [3.8, 4) is 5.75 Å². The second kappa shape index (κ2) is 5.32. The Morgan fingerprint density at radius 1 is 1.38 bits per heavy atom. The van der Waals surface area contributed by atoms with Crippen molar-refractivity contribution in [3.63, 3.8) is 0 Å². The Hall–Kier alpha value is -1.06. The fourth-order valence-corrected chi connectivity index (χ4v) is 2.22. The third kappa shape index (κ3) is 2.54. The maximum absolute atomic E-state index is 5.54. The van der Waals surface area contributed by atoms with Crippen LogP contribution < -0.4 is 10.5 Å². The summed E-state index contributed by atoms with van der Waals surface area (Å²) in [5.41, 5.74) is 8.40. The predicted octanol–water partition coefficient (Wildman–Crippen LogP) is 1.40. The second-order valence-electron chi connectivity index (χ2n) is 4.30. The van der Waals surface area contributed by atoms with Crippen LogP contribution in [-0.2, 0) is 13.0 Å². The van der Waals surface area contributed by atoms with Gasteiger partial charge in [0.15, 0.2) is 0 Å². The number of methoxy groups -OCH3 is 1. The molecule has 1 heterocycles. The number of ether oxygens (including phenoxy) is 1. The number of nitrogens with zero attached hydrogens (tertiary/aromatic N) is 1. The van der Waals surface area contributed by atoms with Crippen molar-refractivity contribution < 1.29 is 4.74 Å². The summed E-state index contributed by atoms with van der Waals surface area (Å²) in [7, 11) is 1.72. The molecule has 0 amide bonds. The Labute approximate surface area is 97.2 Å². The molecule has 0 aliphatic carbocycles. The van der Waals surface area contributed by atoms with Crippen LogP contribution in [0.3, 0.4) is 0 Å². The lowest BCUT2D eigenvalue weighted by Crippen LogP contribution is -2.32. The largest absolute Gasteiger partial charge is 0.497 e. The van der Waals surface area contributed by atoms with E-state index in [1.807, 2.05) is 6.07 Å². The summed E-state index contributed by atoms with van der Waals surface area (Å²) >= 11 is 0. The molecule has 0 atom stereocenters. The molecule has 3 heteroatoms. The molecule has 1 aliphatic heterocycles. The van der Waals surface area contributed by atoms with Crippen LogP contribution in [0.25, 0.3) is 0 Å². The van der Waals surface area contributed by atoms with Gasteiger partial charge in [0.25, 0.3) is 0 Å². The summed E-state index contributed by atoms with van der Waals surface area (Å²) < 4.78 is 5.24.